The van der Waals surface area contributed by atoms with Crippen LogP contribution in [-0.2, 0) is 11.2 Å². The second-order valence-corrected chi connectivity index (χ2v) is 6.89. The molecule has 1 aromatic heterocycles. The zero-order chi connectivity index (χ0) is 17.0. The molecule has 0 radical (unpaired) electrons. The molecular weight excluding hydrogens is 375 g/mol. The normalized spacial score (nSPS) is 10.3. The lowest BCUT2D eigenvalue weighted by Crippen LogP contribution is -2.20. The van der Waals surface area contributed by atoms with E-state index in [2.05, 4.69) is 10.6 Å². The fraction of sp³-hybridized carbons (Fsp3) is 0.200. The van der Waals surface area contributed by atoms with Gasteiger partial charge in [0.15, 0.2) is 5.11 Å². The summed E-state index contributed by atoms with van der Waals surface area (Å²) in [5.74, 6) is -0.410. The van der Waals surface area contributed by atoms with Gasteiger partial charge < -0.3 is 15.4 Å². The summed E-state index contributed by atoms with van der Waals surface area (Å²) in [6.07, 6.45) is 0.816. The molecule has 0 amide bonds. The third kappa shape index (κ3) is 4.57. The number of aryl methyl sites for hydroxylation is 1. The molecule has 122 valence electrons. The van der Waals surface area contributed by atoms with Gasteiger partial charge in [0.1, 0.15) is 5.00 Å². The average Bonchev–Trinajstić information content (AvgIpc) is 2.93. The van der Waals surface area contributed by atoms with Crippen molar-refractivity contribution in [3.05, 3.63) is 44.8 Å². The summed E-state index contributed by atoms with van der Waals surface area (Å²) >= 11 is 18.8. The number of benzene rings is 1. The minimum absolute atomic E-state index is 0.309. The summed E-state index contributed by atoms with van der Waals surface area (Å²) in [5, 5.41) is 7.95. The Labute approximate surface area is 153 Å². The number of carbonyl (C=O) groups excluding carboxylic acids is 1. The molecule has 0 aliphatic carbocycles. The standard InChI is InChI=1S/C15H14Cl2N2O2S2/c1-3-9-7-10(14(20)21-2)13(23-9)19-15(22)18-12-6-8(16)4-5-11(12)17/h4-7H,3H2,1-2H3,(H2,18,19,22). The molecule has 0 saturated carbocycles. The van der Waals surface area contributed by atoms with Gasteiger partial charge in [-0.3, -0.25) is 0 Å². The third-order valence-electron chi connectivity index (χ3n) is 2.94. The van der Waals surface area contributed by atoms with E-state index in [0.717, 1.165) is 11.3 Å². The molecule has 2 N–H and O–H groups in total. The first kappa shape index (κ1) is 18.0. The molecule has 0 saturated heterocycles. The molecule has 0 fully saturated rings. The molecule has 0 aliphatic heterocycles. The number of esters is 1. The van der Waals surface area contributed by atoms with Gasteiger partial charge in [-0.15, -0.1) is 11.3 Å². The number of methoxy groups -OCH3 is 1. The predicted octanol–water partition coefficient (Wildman–Crippen LogP) is 5.21. The first-order valence-electron chi connectivity index (χ1n) is 6.68. The van der Waals surface area contributed by atoms with Crippen LogP contribution in [0, 0.1) is 0 Å². The first-order valence-corrected chi connectivity index (χ1v) is 8.66. The van der Waals surface area contributed by atoms with E-state index in [0.29, 0.717) is 31.4 Å². The van der Waals surface area contributed by atoms with Crippen molar-refractivity contribution in [2.24, 2.45) is 0 Å². The number of halogens is 2. The lowest BCUT2D eigenvalue weighted by molar-refractivity contribution is 0.0602. The van der Waals surface area contributed by atoms with Crippen LogP contribution in [-0.4, -0.2) is 18.2 Å². The number of thiocarbonyl (C=S) groups is 1. The molecule has 1 heterocycles. The smallest absolute Gasteiger partial charge is 0.340 e. The molecule has 0 aliphatic rings. The summed E-state index contributed by atoms with van der Waals surface area (Å²) < 4.78 is 4.79. The summed E-state index contributed by atoms with van der Waals surface area (Å²) in [6, 6.07) is 6.83. The lowest BCUT2D eigenvalue weighted by Gasteiger charge is -2.12. The molecule has 2 aromatic rings. The van der Waals surface area contributed by atoms with E-state index in [1.165, 1.54) is 18.4 Å². The fourth-order valence-electron chi connectivity index (χ4n) is 1.82. The molecule has 8 heteroatoms. The third-order valence-corrected chi connectivity index (χ3v) is 4.90. The molecule has 0 atom stereocenters. The van der Waals surface area contributed by atoms with Crippen LogP contribution < -0.4 is 10.6 Å². The highest BCUT2D eigenvalue weighted by Crippen LogP contribution is 2.30. The van der Waals surface area contributed by atoms with Gasteiger partial charge in [-0.2, -0.15) is 0 Å². The van der Waals surface area contributed by atoms with E-state index in [1.807, 2.05) is 6.92 Å². The van der Waals surface area contributed by atoms with Gasteiger partial charge in [0.2, 0.25) is 0 Å². The summed E-state index contributed by atoms with van der Waals surface area (Å²) in [6.45, 7) is 2.01. The summed E-state index contributed by atoms with van der Waals surface area (Å²) in [5.41, 5.74) is 1.04. The zero-order valence-electron chi connectivity index (χ0n) is 12.4. The minimum atomic E-state index is -0.410. The maximum Gasteiger partial charge on any atom is 0.340 e. The van der Waals surface area contributed by atoms with Crippen molar-refractivity contribution in [2.75, 3.05) is 17.7 Å². The van der Waals surface area contributed by atoms with Crippen LogP contribution in [0.4, 0.5) is 10.7 Å². The Morgan fingerprint density at radius 2 is 2.04 bits per heavy atom. The van der Waals surface area contributed by atoms with Gasteiger partial charge >= 0.3 is 5.97 Å². The van der Waals surface area contributed by atoms with E-state index in [9.17, 15) is 4.79 Å². The lowest BCUT2D eigenvalue weighted by atomic mass is 10.2. The average molecular weight is 389 g/mol. The van der Waals surface area contributed by atoms with E-state index >= 15 is 0 Å². The second-order valence-electron chi connectivity index (χ2n) is 4.50. The van der Waals surface area contributed by atoms with Gasteiger partial charge in [0.05, 0.1) is 23.4 Å². The van der Waals surface area contributed by atoms with Crippen molar-refractivity contribution in [1.29, 1.82) is 0 Å². The largest absolute Gasteiger partial charge is 0.465 e. The van der Waals surface area contributed by atoms with Crippen LogP contribution in [0.25, 0.3) is 0 Å². The molecule has 0 unspecified atom stereocenters. The Balaban J connectivity index is 2.18. The Morgan fingerprint density at radius 3 is 2.70 bits per heavy atom. The van der Waals surface area contributed by atoms with Crippen molar-refractivity contribution in [3.63, 3.8) is 0 Å². The zero-order valence-corrected chi connectivity index (χ0v) is 15.6. The van der Waals surface area contributed by atoms with Gasteiger partial charge in [0, 0.05) is 9.90 Å². The highest BCUT2D eigenvalue weighted by molar-refractivity contribution is 7.80. The topological polar surface area (TPSA) is 50.4 Å². The molecule has 0 spiro atoms. The monoisotopic (exact) mass is 388 g/mol. The summed E-state index contributed by atoms with van der Waals surface area (Å²) in [7, 11) is 1.34. The molecule has 1 aromatic carbocycles. The van der Waals surface area contributed by atoms with Crippen molar-refractivity contribution in [1.82, 2.24) is 0 Å². The molecule has 4 nitrogen and oxygen atoms in total. The van der Waals surface area contributed by atoms with Gasteiger partial charge in [-0.1, -0.05) is 30.1 Å². The number of hydrogen-bond acceptors (Lipinski definition) is 4. The number of hydrogen-bond donors (Lipinski definition) is 2. The second kappa shape index (κ2) is 7.97. The Kier molecular flexibility index (Phi) is 6.24. The Hall–Kier alpha value is -1.34. The first-order chi connectivity index (χ1) is 10.9. The number of rotatable bonds is 4. The van der Waals surface area contributed by atoms with Crippen molar-refractivity contribution >= 4 is 68.5 Å². The maximum atomic E-state index is 11.8. The number of carbonyl (C=O) groups is 1. The minimum Gasteiger partial charge on any atom is -0.465 e. The number of nitrogens with one attached hydrogen (secondary N) is 2. The highest BCUT2D eigenvalue weighted by atomic mass is 35.5. The molecule has 2 rings (SSSR count). The van der Waals surface area contributed by atoms with Crippen molar-refractivity contribution < 1.29 is 9.53 Å². The van der Waals surface area contributed by atoms with Crippen LogP contribution in [0.15, 0.2) is 24.3 Å². The predicted molar refractivity (Wildman–Crippen MR) is 101 cm³/mol. The number of ether oxygens (including phenoxy) is 1. The Bertz CT molecular complexity index is 747. The highest BCUT2D eigenvalue weighted by Gasteiger charge is 2.17. The van der Waals surface area contributed by atoms with E-state index < -0.39 is 5.97 Å². The fourth-order valence-corrected chi connectivity index (χ4v) is 3.42. The Morgan fingerprint density at radius 1 is 1.30 bits per heavy atom. The van der Waals surface area contributed by atoms with Crippen LogP contribution in [0.3, 0.4) is 0 Å². The van der Waals surface area contributed by atoms with E-state index in [4.69, 9.17) is 40.2 Å². The molecular formula is C15H14Cl2N2O2S2. The van der Waals surface area contributed by atoms with E-state index in [1.54, 1.807) is 24.3 Å². The van der Waals surface area contributed by atoms with Gasteiger partial charge in [-0.05, 0) is 42.9 Å². The van der Waals surface area contributed by atoms with Crippen LogP contribution in [0.2, 0.25) is 10.0 Å². The van der Waals surface area contributed by atoms with Gasteiger partial charge in [0.25, 0.3) is 0 Å². The van der Waals surface area contributed by atoms with Crippen molar-refractivity contribution in [2.45, 2.75) is 13.3 Å². The molecule has 0 bridgehead atoms. The van der Waals surface area contributed by atoms with Gasteiger partial charge in [-0.25, -0.2) is 4.79 Å². The quantitative estimate of drug-likeness (QED) is 0.555. The summed E-state index contributed by atoms with van der Waals surface area (Å²) in [4.78, 5) is 12.9. The molecule has 23 heavy (non-hydrogen) atoms. The number of thiophene rings is 1. The number of anilines is 2. The maximum absolute atomic E-state index is 11.8. The SMILES string of the molecule is CCc1cc(C(=O)OC)c(NC(=S)Nc2cc(Cl)ccc2Cl)s1. The van der Waals surface area contributed by atoms with Crippen LogP contribution >= 0.6 is 46.8 Å². The van der Waals surface area contributed by atoms with Crippen LogP contribution in [0.1, 0.15) is 22.2 Å². The van der Waals surface area contributed by atoms with Crippen molar-refractivity contribution in [3.8, 4) is 0 Å². The van der Waals surface area contributed by atoms with E-state index in [-0.39, 0.29) is 0 Å². The van der Waals surface area contributed by atoms with Crippen LogP contribution in [0.5, 0.6) is 0 Å².